The Hall–Kier alpha value is -0.420. The first-order valence-electron chi connectivity index (χ1n) is 7.49. The Morgan fingerprint density at radius 3 is 3.10 bits per heavy atom. The van der Waals surface area contributed by atoms with Crippen molar-refractivity contribution < 1.29 is 9.53 Å². The van der Waals surface area contributed by atoms with E-state index in [1.165, 1.54) is 12.8 Å². The zero-order chi connectivity index (χ0) is 14.8. The van der Waals surface area contributed by atoms with Crippen molar-refractivity contribution in [2.45, 2.75) is 37.8 Å². The summed E-state index contributed by atoms with van der Waals surface area (Å²) in [6.45, 7) is 2.52. The third kappa shape index (κ3) is 3.50. The third-order valence-corrected chi connectivity index (χ3v) is 5.26. The van der Waals surface area contributed by atoms with Crippen LogP contribution in [0, 0.1) is 0 Å². The van der Waals surface area contributed by atoms with Gasteiger partial charge in [-0.3, -0.25) is 9.69 Å². The predicted octanol–water partition coefficient (Wildman–Crippen LogP) is 3.93. The highest BCUT2D eigenvalue weighted by atomic mass is 79.9. The average Bonchev–Trinajstić information content (AvgIpc) is 2.93. The summed E-state index contributed by atoms with van der Waals surface area (Å²) in [5.41, 5.74) is 0.621. The van der Waals surface area contributed by atoms with Crippen LogP contribution in [0.25, 0.3) is 0 Å². The molecule has 1 aromatic rings. The van der Waals surface area contributed by atoms with E-state index < -0.39 is 0 Å². The number of carbonyl (C=O) groups excluding carboxylic acids is 1. The molecule has 1 aromatic carbocycles. The van der Waals surface area contributed by atoms with Crippen molar-refractivity contribution in [2.24, 2.45) is 0 Å². The predicted molar refractivity (Wildman–Crippen MR) is 87.1 cm³/mol. The molecule has 114 valence electrons. The molecule has 3 nitrogen and oxygen atoms in total. The number of carbonyl (C=O) groups is 1. The zero-order valence-corrected chi connectivity index (χ0v) is 14.2. The zero-order valence-electron chi connectivity index (χ0n) is 11.9. The number of nitrogens with zero attached hydrogens (tertiary/aromatic N) is 1. The monoisotopic (exact) mass is 371 g/mol. The van der Waals surface area contributed by atoms with Crippen LogP contribution in [0.4, 0.5) is 0 Å². The van der Waals surface area contributed by atoms with E-state index in [9.17, 15) is 4.79 Å². The fourth-order valence-corrected chi connectivity index (χ4v) is 4.16. The Morgan fingerprint density at radius 2 is 2.29 bits per heavy atom. The lowest BCUT2D eigenvalue weighted by atomic mass is 10.1. The van der Waals surface area contributed by atoms with Gasteiger partial charge in [-0.1, -0.05) is 27.5 Å². The molecule has 2 unspecified atom stereocenters. The van der Waals surface area contributed by atoms with Gasteiger partial charge >= 0.3 is 0 Å². The molecule has 2 atom stereocenters. The van der Waals surface area contributed by atoms with Crippen LogP contribution in [0.1, 0.15) is 36.0 Å². The molecule has 2 aliphatic rings. The fourth-order valence-electron chi connectivity index (χ4n) is 3.38. The van der Waals surface area contributed by atoms with Crippen molar-refractivity contribution in [2.75, 3.05) is 19.7 Å². The topological polar surface area (TPSA) is 29.5 Å². The number of hydrogen-bond acceptors (Lipinski definition) is 3. The van der Waals surface area contributed by atoms with E-state index in [0.717, 1.165) is 30.6 Å². The first kappa shape index (κ1) is 15.5. The van der Waals surface area contributed by atoms with Crippen LogP contribution in [-0.2, 0) is 4.74 Å². The standard InChI is InChI=1S/C16H19BrClNO2/c17-11-4-5-12(13(18)10-11)15(20)6-7-19-8-9-21-16-3-1-2-14(16)19/h4-5,10,14,16H,1-3,6-9H2. The van der Waals surface area contributed by atoms with Crippen molar-refractivity contribution in [3.05, 3.63) is 33.3 Å². The highest BCUT2D eigenvalue weighted by Gasteiger charge is 2.35. The van der Waals surface area contributed by atoms with Gasteiger partial charge < -0.3 is 4.74 Å². The third-order valence-electron chi connectivity index (χ3n) is 4.45. The van der Waals surface area contributed by atoms with Gasteiger partial charge in [-0.25, -0.2) is 0 Å². The summed E-state index contributed by atoms with van der Waals surface area (Å²) in [5.74, 6) is 0.119. The van der Waals surface area contributed by atoms with Crippen molar-refractivity contribution in [1.82, 2.24) is 4.90 Å². The lowest BCUT2D eigenvalue weighted by Crippen LogP contribution is -2.49. The van der Waals surface area contributed by atoms with Gasteiger partial charge in [-0.15, -0.1) is 0 Å². The van der Waals surface area contributed by atoms with Crippen LogP contribution in [0.15, 0.2) is 22.7 Å². The summed E-state index contributed by atoms with van der Waals surface area (Å²) < 4.78 is 6.70. The van der Waals surface area contributed by atoms with Crippen molar-refractivity contribution in [3.8, 4) is 0 Å². The molecular weight excluding hydrogens is 354 g/mol. The molecule has 0 aromatic heterocycles. The minimum absolute atomic E-state index is 0.119. The number of benzene rings is 1. The van der Waals surface area contributed by atoms with Crippen LogP contribution in [0.3, 0.4) is 0 Å². The Kier molecular flexibility index (Phi) is 4.99. The summed E-state index contributed by atoms with van der Waals surface area (Å²) in [6.07, 6.45) is 4.49. The van der Waals surface area contributed by atoms with Gasteiger partial charge in [-0.05, 0) is 37.5 Å². The molecule has 0 radical (unpaired) electrons. The van der Waals surface area contributed by atoms with Crippen molar-refractivity contribution in [3.63, 3.8) is 0 Å². The molecule has 2 fully saturated rings. The van der Waals surface area contributed by atoms with Crippen molar-refractivity contribution >= 4 is 33.3 Å². The van der Waals surface area contributed by atoms with E-state index in [4.69, 9.17) is 16.3 Å². The summed E-state index contributed by atoms with van der Waals surface area (Å²) in [5, 5.41) is 0.523. The molecule has 3 rings (SSSR count). The highest BCUT2D eigenvalue weighted by molar-refractivity contribution is 9.10. The molecule has 1 aliphatic heterocycles. The maximum Gasteiger partial charge on any atom is 0.165 e. The molecule has 1 saturated carbocycles. The number of morpholine rings is 1. The fraction of sp³-hybridized carbons (Fsp3) is 0.562. The van der Waals surface area contributed by atoms with Crippen LogP contribution in [-0.4, -0.2) is 42.5 Å². The van der Waals surface area contributed by atoms with Gasteiger partial charge in [0.2, 0.25) is 0 Å². The minimum Gasteiger partial charge on any atom is -0.375 e. The van der Waals surface area contributed by atoms with E-state index in [-0.39, 0.29) is 5.78 Å². The van der Waals surface area contributed by atoms with Gasteiger partial charge in [0.05, 0.1) is 17.7 Å². The second-order valence-corrected chi connectivity index (χ2v) is 7.06. The number of ketones is 1. The maximum atomic E-state index is 12.4. The van der Waals surface area contributed by atoms with E-state index in [1.807, 2.05) is 6.07 Å². The molecule has 0 amide bonds. The quantitative estimate of drug-likeness (QED) is 0.750. The van der Waals surface area contributed by atoms with E-state index in [2.05, 4.69) is 20.8 Å². The second kappa shape index (κ2) is 6.78. The summed E-state index contributed by atoms with van der Waals surface area (Å²) >= 11 is 9.51. The Morgan fingerprint density at radius 1 is 1.43 bits per heavy atom. The smallest absolute Gasteiger partial charge is 0.165 e. The first-order chi connectivity index (χ1) is 10.1. The SMILES string of the molecule is O=C(CCN1CCOC2CCCC21)c1ccc(Br)cc1Cl. The Labute approximate surface area is 138 Å². The summed E-state index contributed by atoms with van der Waals surface area (Å²) in [4.78, 5) is 14.8. The lowest BCUT2D eigenvalue weighted by molar-refractivity contribution is -0.0550. The molecule has 0 N–H and O–H groups in total. The highest BCUT2D eigenvalue weighted by Crippen LogP contribution is 2.30. The van der Waals surface area contributed by atoms with E-state index >= 15 is 0 Å². The van der Waals surface area contributed by atoms with Gasteiger partial charge in [-0.2, -0.15) is 0 Å². The number of hydrogen-bond donors (Lipinski definition) is 0. The number of fused-ring (bicyclic) bond motifs is 1. The minimum atomic E-state index is 0.119. The summed E-state index contributed by atoms with van der Waals surface area (Å²) in [6, 6.07) is 5.94. The van der Waals surface area contributed by atoms with Gasteiger partial charge in [0, 0.05) is 35.6 Å². The molecule has 1 saturated heterocycles. The largest absolute Gasteiger partial charge is 0.375 e. The van der Waals surface area contributed by atoms with Gasteiger partial charge in [0.25, 0.3) is 0 Å². The summed E-state index contributed by atoms with van der Waals surface area (Å²) in [7, 11) is 0. The number of Topliss-reactive ketones (excluding diaryl/α,β-unsaturated/α-hetero) is 1. The van der Waals surface area contributed by atoms with Gasteiger partial charge in [0.1, 0.15) is 0 Å². The maximum absolute atomic E-state index is 12.4. The molecule has 1 heterocycles. The Bertz CT molecular complexity index is 537. The second-order valence-electron chi connectivity index (χ2n) is 5.74. The number of rotatable bonds is 4. The van der Waals surface area contributed by atoms with Gasteiger partial charge in [0.15, 0.2) is 5.78 Å². The molecule has 5 heteroatoms. The molecular formula is C16H19BrClNO2. The normalized spacial score (nSPS) is 25.8. The van der Waals surface area contributed by atoms with Crippen LogP contribution >= 0.6 is 27.5 Å². The van der Waals surface area contributed by atoms with Crippen molar-refractivity contribution in [1.29, 1.82) is 0 Å². The molecule has 0 bridgehead atoms. The lowest BCUT2D eigenvalue weighted by Gasteiger charge is -2.37. The first-order valence-corrected chi connectivity index (χ1v) is 8.66. The van der Waals surface area contributed by atoms with Crippen LogP contribution in [0.2, 0.25) is 5.02 Å². The van der Waals surface area contributed by atoms with Crippen LogP contribution in [0.5, 0.6) is 0 Å². The average molecular weight is 373 g/mol. The molecule has 0 spiro atoms. The van der Waals surface area contributed by atoms with E-state index in [1.54, 1.807) is 12.1 Å². The number of ether oxygens (including phenoxy) is 1. The molecule has 1 aliphatic carbocycles. The van der Waals surface area contributed by atoms with Crippen LogP contribution < -0.4 is 0 Å². The Balaban J connectivity index is 1.60. The molecule has 21 heavy (non-hydrogen) atoms. The number of halogens is 2. The van der Waals surface area contributed by atoms with E-state index in [0.29, 0.717) is 29.2 Å².